The molecule has 0 bridgehead atoms. The molecule has 24 heavy (non-hydrogen) atoms. The minimum Gasteiger partial charge on any atom is -0.365 e. The number of likely N-dealkylation sites (N-methyl/N-ethyl adjacent to an activating group) is 1. The molecular weight excluding hydrogens is 298 g/mol. The smallest absolute Gasteiger partial charge is 0.175 e. The van der Waals surface area contributed by atoms with E-state index in [2.05, 4.69) is 24.4 Å². The van der Waals surface area contributed by atoms with Gasteiger partial charge in [0.2, 0.25) is 0 Å². The second kappa shape index (κ2) is 17.4. The van der Waals surface area contributed by atoms with Crippen LogP contribution in [0.25, 0.3) is 0 Å². The van der Waals surface area contributed by atoms with Gasteiger partial charge in [0.25, 0.3) is 0 Å². The maximum absolute atomic E-state index is 9.62. The Balaban J connectivity index is 3.21. The van der Waals surface area contributed by atoms with Crippen LogP contribution in [0.5, 0.6) is 0 Å². The fourth-order valence-electron chi connectivity index (χ4n) is 3.03. The van der Waals surface area contributed by atoms with Gasteiger partial charge in [0.05, 0.1) is 0 Å². The van der Waals surface area contributed by atoms with Crippen molar-refractivity contribution in [1.82, 2.24) is 5.32 Å². The first-order valence-electron chi connectivity index (χ1n) is 10.4. The molecule has 144 valence electrons. The van der Waals surface area contributed by atoms with Crippen LogP contribution in [0.4, 0.5) is 0 Å². The summed E-state index contributed by atoms with van der Waals surface area (Å²) in [6, 6.07) is 0. The van der Waals surface area contributed by atoms with E-state index in [4.69, 9.17) is 0 Å². The lowest BCUT2D eigenvalue weighted by Gasteiger charge is -2.20. The van der Waals surface area contributed by atoms with Crippen molar-refractivity contribution in [3.63, 3.8) is 0 Å². The van der Waals surface area contributed by atoms with Gasteiger partial charge in [-0.1, -0.05) is 76.9 Å². The summed E-state index contributed by atoms with van der Waals surface area (Å²) in [6.07, 6.45) is 23.0. The second-order valence-corrected chi connectivity index (χ2v) is 7.20. The minimum absolute atomic E-state index is 0.248. The van der Waals surface area contributed by atoms with Crippen molar-refractivity contribution < 1.29 is 10.2 Å². The monoisotopic (exact) mass is 341 g/mol. The molecule has 0 amide bonds. The molecule has 0 rings (SSSR count). The van der Waals surface area contributed by atoms with Gasteiger partial charge in [-0.3, -0.25) is 0 Å². The maximum Gasteiger partial charge on any atom is 0.175 e. The average Bonchev–Trinajstić information content (AvgIpc) is 2.54. The van der Waals surface area contributed by atoms with Gasteiger partial charge < -0.3 is 15.5 Å². The number of allylic oxidation sites excluding steroid dienone is 2. The van der Waals surface area contributed by atoms with E-state index in [-0.39, 0.29) is 6.54 Å². The molecular formula is C21H43NO2. The number of nitrogens with one attached hydrogen (secondary N) is 1. The summed E-state index contributed by atoms with van der Waals surface area (Å²) < 4.78 is 0. The molecule has 0 aliphatic carbocycles. The molecule has 0 fully saturated rings. The number of hydrogen-bond acceptors (Lipinski definition) is 3. The van der Waals surface area contributed by atoms with Crippen molar-refractivity contribution in [3.05, 3.63) is 12.2 Å². The fourth-order valence-corrected chi connectivity index (χ4v) is 3.03. The third-order valence-electron chi connectivity index (χ3n) is 4.55. The Labute approximate surface area is 150 Å². The van der Waals surface area contributed by atoms with E-state index < -0.39 is 5.79 Å². The van der Waals surface area contributed by atoms with Crippen LogP contribution in [-0.4, -0.2) is 29.6 Å². The van der Waals surface area contributed by atoms with Crippen LogP contribution in [0.15, 0.2) is 12.2 Å². The van der Waals surface area contributed by atoms with Crippen molar-refractivity contribution in [2.75, 3.05) is 13.6 Å². The predicted molar refractivity (Wildman–Crippen MR) is 105 cm³/mol. The first-order chi connectivity index (χ1) is 11.6. The number of rotatable bonds is 18. The summed E-state index contributed by atoms with van der Waals surface area (Å²) in [6.45, 7) is 2.51. The zero-order valence-electron chi connectivity index (χ0n) is 16.4. The minimum atomic E-state index is -1.53. The molecule has 0 saturated heterocycles. The highest BCUT2D eigenvalue weighted by atomic mass is 16.5. The summed E-state index contributed by atoms with van der Waals surface area (Å²) in [7, 11) is 1.74. The van der Waals surface area contributed by atoms with E-state index in [1.807, 2.05) is 0 Å². The highest BCUT2D eigenvalue weighted by Gasteiger charge is 2.20. The summed E-state index contributed by atoms with van der Waals surface area (Å²) >= 11 is 0. The molecule has 0 aliphatic rings. The SMILES string of the molecule is CCCCCCCC/C=C\CCCCCCCCC(O)(O)CNC. The Bertz CT molecular complexity index is 277. The van der Waals surface area contributed by atoms with Crippen molar-refractivity contribution >= 4 is 0 Å². The first kappa shape index (κ1) is 23.6. The van der Waals surface area contributed by atoms with Crippen LogP contribution < -0.4 is 5.32 Å². The van der Waals surface area contributed by atoms with E-state index in [0.29, 0.717) is 6.42 Å². The highest BCUT2D eigenvalue weighted by Crippen LogP contribution is 2.14. The standard InChI is InChI=1S/C21H43NO2/c1-3-4-5-6-7-8-9-10-11-12-13-14-15-16-17-18-19-21(23,24)20-22-2/h10-11,22-24H,3-9,12-20H2,1-2H3/b11-10-. The third-order valence-corrected chi connectivity index (χ3v) is 4.55. The number of unbranched alkanes of at least 4 members (excludes halogenated alkanes) is 12. The summed E-state index contributed by atoms with van der Waals surface area (Å²) in [5.74, 6) is -1.53. The van der Waals surface area contributed by atoms with Crippen LogP contribution in [-0.2, 0) is 0 Å². The van der Waals surface area contributed by atoms with E-state index in [9.17, 15) is 10.2 Å². The molecule has 0 saturated carbocycles. The molecule has 3 N–H and O–H groups in total. The molecule has 0 heterocycles. The topological polar surface area (TPSA) is 52.5 Å². The van der Waals surface area contributed by atoms with Crippen LogP contribution in [0.1, 0.15) is 103 Å². The molecule has 0 spiro atoms. The number of aliphatic hydroxyl groups is 2. The van der Waals surface area contributed by atoms with E-state index in [0.717, 1.165) is 12.8 Å². The largest absolute Gasteiger partial charge is 0.365 e. The van der Waals surface area contributed by atoms with Crippen LogP contribution in [0.2, 0.25) is 0 Å². The Morgan fingerprint density at radius 3 is 1.67 bits per heavy atom. The van der Waals surface area contributed by atoms with Crippen molar-refractivity contribution in [2.45, 2.75) is 109 Å². The van der Waals surface area contributed by atoms with Gasteiger partial charge in [-0.15, -0.1) is 0 Å². The van der Waals surface area contributed by atoms with Gasteiger partial charge in [-0.25, -0.2) is 0 Å². The van der Waals surface area contributed by atoms with Gasteiger partial charge in [0.15, 0.2) is 5.79 Å². The normalized spacial score (nSPS) is 12.3. The summed E-state index contributed by atoms with van der Waals surface area (Å²) in [5, 5.41) is 22.0. The van der Waals surface area contributed by atoms with Gasteiger partial charge >= 0.3 is 0 Å². The van der Waals surface area contributed by atoms with Crippen LogP contribution in [0.3, 0.4) is 0 Å². The van der Waals surface area contributed by atoms with E-state index in [1.54, 1.807) is 7.05 Å². The van der Waals surface area contributed by atoms with Gasteiger partial charge in [0, 0.05) is 13.0 Å². The lowest BCUT2D eigenvalue weighted by atomic mass is 10.0. The van der Waals surface area contributed by atoms with Gasteiger partial charge in [-0.2, -0.15) is 0 Å². The Morgan fingerprint density at radius 2 is 1.17 bits per heavy atom. The molecule has 0 atom stereocenters. The highest BCUT2D eigenvalue weighted by molar-refractivity contribution is 4.81. The van der Waals surface area contributed by atoms with E-state index in [1.165, 1.54) is 77.0 Å². The first-order valence-corrected chi connectivity index (χ1v) is 10.4. The molecule has 0 aromatic heterocycles. The number of hydrogen-bond donors (Lipinski definition) is 3. The Kier molecular flexibility index (Phi) is 17.2. The zero-order valence-corrected chi connectivity index (χ0v) is 16.4. The van der Waals surface area contributed by atoms with Crippen LogP contribution in [0, 0.1) is 0 Å². The molecule has 0 unspecified atom stereocenters. The lowest BCUT2D eigenvalue weighted by molar-refractivity contribution is -0.161. The molecule has 0 aromatic rings. The lowest BCUT2D eigenvalue weighted by Crippen LogP contribution is -2.38. The van der Waals surface area contributed by atoms with Crippen molar-refractivity contribution in [2.24, 2.45) is 0 Å². The van der Waals surface area contributed by atoms with Crippen molar-refractivity contribution in [3.8, 4) is 0 Å². The molecule has 3 heteroatoms. The molecule has 0 radical (unpaired) electrons. The third kappa shape index (κ3) is 18.0. The predicted octanol–water partition coefficient (Wildman–Crippen LogP) is 5.31. The molecule has 0 aromatic carbocycles. The fraction of sp³-hybridized carbons (Fsp3) is 0.905. The van der Waals surface area contributed by atoms with Gasteiger partial charge in [-0.05, 0) is 39.2 Å². The Morgan fingerprint density at radius 1 is 0.708 bits per heavy atom. The molecule has 0 aliphatic heterocycles. The van der Waals surface area contributed by atoms with Gasteiger partial charge in [0.1, 0.15) is 0 Å². The Hall–Kier alpha value is -0.380. The summed E-state index contributed by atoms with van der Waals surface area (Å²) in [4.78, 5) is 0. The second-order valence-electron chi connectivity index (χ2n) is 7.20. The average molecular weight is 342 g/mol. The van der Waals surface area contributed by atoms with Crippen LogP contribution >= 0.6 is 0 Å². The molecule has 3 nitrogen and oxygen atoms in total. The quantitative estimate of drug-likeness (QED) is 0.180. The summed E-state index contributed by atoms with van der Waals surface area (Å²) in [5.41, 5.74) is 0. The van der Waals surface area contributed by atoms with E-state index >= 15 is 0 Å². The van der Waals surface area contributed by atoms with Crippen molar-refractivity contribution in [1.29, 1.82) is 0 Å². The maximum atomic E-state index is 9.62. The zero-order chi connectivity index (χ0) is 17.9.